The Morgan fingerprint density at radius 3 is 2.70 bits per heavy atom. The maximum absolute atomic E-state index is 6.15. The molecule has 0 unspecified atom stereocenters. The summed E-state index contributed by atoms with van der Waals surface area (Å²) >= 11 is 1.71. The van der Waals surface area contributed by atoms with Gasteiger partial charge in [-0.25, -0.2) is 9.97 Å². The molecule has 0 amide bonds. The van der Waals surface area contributed by atoms with E-state index in [1.807, 2.05) is 6.92 Å². The summed E-state index contributed by atoms with van der Waals surface area (Å²) in [6.07, 6.45) is 5.35. The number of fused-ring (bicyclic) bond motifs is 1. The van der Waals surface area contributed by atoms with E-state index in [1.165, 1.54) is 17.7 Å². The summed E-state index contributed by atoms with van der Waals surface area (Å²) < 4.78 is 6.04. The highest BCUT2D eigenvalue weighted by atomic mass is 32.1. The smallest absolute Gasteiger partial charge is 0.164 e. The van der Waals surface area contributed by atoms with Gasteiger partial charge < -0.3 is 10.5 Å². The number of hydrogen-bond donors (Lipinski definition) is 1. The van der Waals surface area contributed by atoms with Crippen LogP contribution in [0, 0.1) is 0 Å². The van der Waals surface area contributed by atoms with Crippen molar-refractivity contribution in [3.8, 4) is 0 Å². The van der Waals surface area contributed by atoms with E-state index in [2.05, 4.69) is 18.0 Å². The van der Waals surface area contributed by atoms with Gasteiger partial charge in [0.2, 0.25) is 0 Å². The monoisotopic (exact) mass is 291 g/mol. The van der Waals surface area contributed by atoms with Gasteiger partial charge in [0.15, 0.2) is 5.82 Å². The molecule has 0 spiro atoms. The van der Waals surface area contributed by atoms with Gasteiger partial charge in [0.25, 0.3) is 0 Å². The SMILES string of the molecule is CCOC1(c2nc(N)c3cc(CC)sc3n2)CCCC1. The van der Waals surface area contributed by atoms with Crippen molar-refractivity contribution >= 4 is 27.4 Å². The average molecular weight is 291 g/mol. The Morgan fingerprint density at radius 2 is 2.05 bits per heavy atom. The number of aromatic nitrogens is 2. The average Bonchev–Trinajstić information content (AvgIpc) is 3.06. The molecular weight excluding hydrogens is 270 g/mol. The lowest BCUT2D eigenvalue weighted by molar-refractivity contribution is -0.0453. The quantitative estimate of drug-likeness (QED) is 0.934. The first-order valence-corrected chi connectivity index (χ1v) is 8.20. The van der Waals surface area contributed by atoms with Crippen LogP contribution in [0.4, 0.5) is 5.82 Å². The highest BCUT2D eigenvalue weighted by Crippen LogP contribution is 2.42. The maximum Gasteiger partial charge on any atom is 0.164 e. The van der Waals surface area contributed by atoms with E-state index in [4.69, 9.17) is 15.5 Å². The van der Waals surface area contributed by atoms with E-state index in [0.29, 0.717) is 12.4 Å². The normalized spacial score (nSPS) is 17.9. The molecule has 1 aliphatic rings. The Balaban J connectivity index is 2.11. The molecule has 5 heteroatoms. The summed E-state index contributed by atoms with van der Waals surface area (Å²) in [6, 6.07) is 2.11. The molecule has 0 radical (unpaired) electrons. The summed E-state index contributed by atoms with van der Waals surface area (Å²) in [6.45, 7) is 4.86. The number of nitrogens with two attached hydrogens (primary N) is 1. The molecule has 1 saturated carbocycles. The number of thiophene rings is 1. The largest absolute Gasteiger partial charge is 0.383 e. The van der Waals surface area contributed by atoms with Gasteiger partial charge in [-0.2, -0.15) is 0 Å². The van der Waals surface area contributed by atoms with Crippen molar-refractivity contribution < 1.29 is 4.74 Å². The zero-order chi connectivity index (χ0) is 14.2. The molecule has 108 valence electrons. The van der Waals surface area contributed by atoms with Crippen molar-refractivity contribution in [2.45, 2.75) is 51.6 Å². The second-order valence-corrected chi connectivity index (χ2v) is 6.47. The highest BCUT2D eigenvalue weighted by Gasteiger charge is 2.39. The van der Waals surface area contributed by atoms with Crippen molar-refractivity contribution in [3.05, 3.63) is 16.8 Å². The molecule has 2 aromatic rings. The zero-order valence-corrected chi connectivity index (χ0v) is 12.9. The fourth-order valence-electron chi connectivity index (χ4n) is 3.03. The maximum atomic E-state index is 6.15. The van der Waals surface area contributed by atoms with E-state index >= 15 is 0 Å². The Kier molecular flexibility index (Phi) is 3.65. The molecule has 0 aromatic carbocycles. The van der Waals surface area contributed by atoms with Gasteiger partial charge in [0.05, 0.1) is 5.39 Å². The predicted molar refractivity (Wildman–Crippen MR) is 83.0 cm³/mol. The topological polar surface area (TPSA) is 61.0 Å². The van der Waals surface area contributed by atoms with Crippen LogP contribution in [0.3, 0.4) is 0 Å². The first-order valence-electron chi connectivity index (χ1n) is 7.39. The molecule has 2 aromatic heterocycles. The minimum absolute atomic E-state index is 0.312. The number of aryl methyl sites for hydroxylation is 1. The van der Waals surface area contributed by atoms with Crippen LogP contribution < -0.4 is 5.73 Å². The number of nitrogen functional groups attached to an aromatic ring is 1. The molecule has 2 heterocycles. The molecule has 1 aliphatic carbocycles. The molecule has 0 atom stereocenters. The van der Waals surface area contributed by atoms with E-state index in [-0.39, 0.29) is 5.60 Å². The van der Waals surface area contributed by atoms with E-state index in [9.17, 15) is 0 Å². The zero-order valence-electron chi connectivity index (χ0n) is 12.1. The van der Waals surface area contributed by atoms with E-state index in [0.717, 1.165) is 35.3 Å². The van der Waals surface area contributed by atoms with Crippen molar-refractivity contribution in [3.63, 3.8) is 0 Å². The molecule has 0 saturated heterocycles. The number of hydrogen-bond acceptors (Lipinski definition) is 5. The second-order valence-electron chi connectivity index (χ2n) is 5.35. The summed E-state index contributed by atoms with van der Waals surface area (Å²) in [7, 11) is 0. The third kappa shape index (κ3) is 2.19. The highest BCUT2D eigenvalue weighted by molar-refractivity contribution is 7.18. The van der Waals surface area contributed by atoms with Crippen LogP contribution in [0.15, 0.2) is 6.07 Å². The molecule has 0 bridgehead atoms. The summed E-state index contributed by atoms with van der Waals surface area (Å²) in [5.74, 6) is 1.37. The Bertz CT molecular complexity index is 617. The number of nitrogens with zero attached hydrogens (tertiary/aromatic N) is 2. The summed E-state index contributed by atoms with van der Waals surface area (Å²) in [5.41, 5.74) is 5.84. The minimum Gasteiger partial charge on any atom is -0.383 e. The van der Waals surface area contributed by atoms with Crippen molar-refractivity contribution in [1.82, 2.24) is 9.97 Å². The lowest BCUT2D eigenvalue weighted by atomic mass is 10.0. The molecule has 3 rings (SSSR count). The van der Waals surface area contributed by atoms with Crippen molar-refractivity contribution in [2.24, 2.45) is 0 Å². The van der Waals surface area contributed by atoms with Crippen LogP contribution in [0.1, 0.15) is 50.2 Å². The van der Waals surface area contributed by atoms with Gasteiger partial charge in [0.1, 0.15) is 16.2 Å². The lowest BCUT2D eigenvalue weighted by Gasteiger charge is -2.27. The van der Waals surface area contributed by atoms with Gasteiger partial charge in [-0.3, -0.25) is 0 Å². The Labute approximate surface area is 123 Å². The van der Waals surface area contributed by atoms with Crippen LogP contribution in [-0.2, 0) is 16.8 Å². The Hall–Kier alpha value is -1.20. The van der Waals surface area contributed by atoms with Gasteiger partial charge in [-0.05, 0) is 45.1 Å². The third-order valence-corrected chi connectivity index (χ3v) is 5.23. The molecular formula is C15H21N3OS. The van der Waals surface area contributed by atoms with Crippen LogP contribution in [0.5, 0.6) is 0 Å². The molecule has 0 aliphatic heterocycles. The second kappa shape index (κ2) is 5.30. The number of rotatable bonds is 4. The fraction of sp³-hybridized carbons (Fsp3) is 0.600. The number of anilines is 1. The van der Waals surface area contributed by atoms with Crippen LogP contribution in [-0.4, -0.2) is 16.6 Å². The first kappa shape index (κ1) is 13.8. The van der Waals surface area contributed by atoms with Crippen LogP contribution in [0.2, 0.25) is 0 Å². The van der Waals surface area contributed by atoms with Crippen LogP contribution >= 0.6 is 11.3 Å². The molecule has 2 N–H and O–H groups in total. The molecule has 4 nitrogen and oxygen atoms in total. The molecule has 1 fully saturated rings. The van der Waals surface area contributed by atoms with E-state index < -0.39 is 0 Å². The fourth-order valence-corrected chi connectivity index (χ4v) is 4.00. The van der Waals surface area contributed by atoms with Crippen molar-refractivity contribution in [1.29, 1.82) is 0 Å². The van der Waals surface area contributed by atoms with Gasteiger partial charge in [-0.15, -0.1) is 11.3 Å². The van der Waals surface area contributed by atoms with E-state index in [1.54, 1.807) is 11.3 Å². The van der Waals surface area contributed by atoms with Gasteiger partial charge >= 0.3 is 0 Å². The van der Waals surface area contributed by atoms with Gasteiger partial charge in [0, 0.05) is 11.5 Å². The first-order chi connectivity index (χ1) is 9.68. The van der Waals surface area contributed by atoms with Crippen molar-refractivity contribution in [2.75, 3.05) is 12.3 Å². The summed E-state index contributed by atoms with van der Waals surface area (Å²) in [5, 5.41) is 0.986. The molecule has 20 heavy (non-hydrogen) atoms. The lowest BCUT2D eigenvalue weighted by Crippen LogP contribution is -2.29. The minimum atomic E-state index is -0.312. The predicted octanol–water partition coefficient (Wildman–Crippen LogP) is 3.64. The standard InChI is InChI=1S/C15H21N3OS/c1-3-10-9-11-12(16)17-14(18-13(11)20-10)15(19-4-2)7-5-6-8-15/h9H,3-8H2,1-2H3,(H2,16,17,18). The van der Waals surface area contributed by atoms with Gasteiger partial charge in [-0.1, -0.05) is 6.92 Å². The summed E-state index contributed by atoms with van der Waals surface area (Å²) in [4.78, 5) is 11.6. The third-order valence-electron chi connectivity index (χ3n) is 4.06. The number of ether oxygens (including phenoxy) is 1. The van der Waals surface area contributed by atoms with Crippen LogP contribution in [0.25, 0.3) is 10.2 Å². The Morgan fingerprint density at radius 1 is 1.30 bits per heavy atom.